The van der Waals surface area contributed by atoms with Crippen molar-refractivity contribution >= 4 is 0 Å². The van der Waals surface area contributed by atoms with E-state index >= 15 is 0 Å². The molecule has 4 N–H and O–H groups in total. The summed E-state index contributed by atoms with van der Waals surface area (Å²) < 4.78 is 0. The molecule has 2 fully saturated rings. The van der Waals surface area contributed by atoms with Crippen molar-refractivity contribution in [3.63, 3.8) is 0 Å². The van der Waals surface area contributed by atoms with Gasteiger partial charge in [-0.1, -0.05) is 61.9 Å². The summed E-state index contributed by atoms with van der Waals surface area (Å²) in [7, 11) is 0. The number of nitrogens with one attached hydrogen (secondary N) is 4. The van der Waals surface area contributed by atoms with Crippen LogP contribution in [0.2, 0.25) is 0 Å². The van der Waals surface area contributed by atoms with E-state index in [9.17, 15) is 0 Å². The van der Waals surface area contributed by atoms with E-state index in [2.05, 4.69) is 81.0 Å². The van der Waals surface area contributed by atoms with Crippen LogP contribution in [-0.4, -0.2) is 33.0 Å². The van der Waals surface area contributed by atoms with Crippen molar-refractivity contribution in [2.75, 3.05) is 13.1 Å². The lowest BCUT2D eigenvalue weighted by molar-refractivity contribution is 0.611. The minimum atomic E-state index is 0.359. The number of imidazole rings is 2. The molecule has 0 unspecified atom stereocenters. The third kappa shape index (κ3) is 4.56. The largest absolute Gasteiger partial charge is 0.344 e. The molecule has 0 radical (unpaired) electrons. The molecule has 0 aliphatic carbocycles. The fourth-order valence-electron chi connectivity index (χ4n) is 5.42. The lowest BCUT2D eigenvalue weighted by atomic mass is 10.00. The van der Waals surface area contributed by atoms with Gasteiger partial charge in [-0.3, -0.25) is 0 Å². The predicted molar refractivity (Wildman–Crippen MR) is 141 cm³/mol. The molecule has 180 valence electrons. The minimum absolute atomic E-state index is 0.359. The summed E-state index contributed by atoms with van der Waals surface area (Å²) in [5.74, 6) is 2.14. The molecule has 0 saturated carbocycles. The summed E-state index contributed by atoms with van der Waals surface area (Å²) in [5.41, 5.74) is 8.19. The number of nitrogens with zero attached hydrogens (tertiary/aromatic N) is 2. The maximum absolute atomic E-state index is 5.03. The van der Waals surface area contributed by atoms with Gasteiger partial charge in [-0.15, -0.1) is 0 Å². The molecule has 0 spiro atoms. The fraction of sp³-hybridized carbons (Fsp3) is 0.379. The van der Waals surface area contributed by atoms with E-state index in [1.807, 2.05) is 6.20 Å². The number of aromatic amines is 2. The van der Waals surface area contributed by atoms with Crippen LogP contribution >= 0.6 is 0 Å². The minimum Gasteiger partial charge on any atom is -0.344 e. The van der Waals surface area contributed by atoms with Crippen LogP contribution in [-0.2, 0) is 6.42 Å². The Hall–Kier alpha value is -3.22. The van der Waals surface area contributed by atoms with E-state index < -0.39 is 0 Å². The highest BCUT2D eigenvalue weighted by molar-refractivity contribution is 5.72. The van der Waals surface area contributed by atoms with Gasteiger partial charge in [0.2, 0.25) is 0 Å². The molecule has 2 aromatic heterocycles. The summed E-state index contributed by atoms with van der Waals surface area (Å²) in [6.07, 6.45) is 8.82. The fourth-order valence-corrected chi connectivity index (χ4v) is 5.42. The topological polar surface area (TPSA) is 81.4 Å². The van der Waals surface area contributed by atoms with Crippen molar-refractivity contribution in [3.05, 3.63) is 72.1 Å². The molecule has 2 aliphatic heterocycles. The molecule has 2 aliphatic rings. The first-order chi connectivity index (χ1) is 17.3. The Morgan fingerprint density at radius 1 is 0.743 bits per heavy atom. The van der Waals surface area contributed by atoms with Gasteiger partial charge in [0.15, 0.2) is 0 Å². The third-order valence-corrected chi connectivity index (χ3v) is 7.36. The van der Waals surface area contributed by atoms with Gasteiger partial charge in [0, 0.05) is 11.3 Å². The first-order valence-electron chi connectivity index (χ1n) is 13.1. The second-order valence-corrected chi connectivity index (χ2v) is 9.83. The van der Waals surface area contributed by atoms with Gasteiger partial charge in [-0.05, 0) is 61.9 Å². The Bertz CT molecular complexity index is 1260. The molecule has 0 bridgehead atoms. The molecule has 6 nitrogen and oxygen atoms in total. The van der Waals surface area contributed by atoms with Crippen molar-refractivity contribution < 1.29 is 0 Å². The maximum Gasteiger partial charge on any atom is 0.124 e. The average Bonchev–Trinajstić information content (AvgIpc) is 3.70. The average molecular weight is 467 g/mol. The number of rotatable bonds is 7. The first-order valence-corrected chi connectivity index (χ1v) is 13.1. The smallest absolute Gasteiger partial charge is 0.124 e. The summed E-state index contributed by atoms with van der Waals surface area (Å²) in [5, 5.41) is 7.07. The lowest BCUT2D eigenvalue weighted by Gasteiger charge is -2.07. The zero-order valence-electron chi connectivity index (χ0n) is 20.4. The number of benzene rings is 2. The monoisotopic (exact) mass is 466 g/mol. The number of hydrogen-bond acceptors (Lipinski definition) is 4. The molecule has 4 aromatic rings. The summed E-state index contributed by atoms with van der Waals surface area (Å²) in [6, 6.07) is 18.3. The SMILES string of the molecule is CCCc1[nH]c([C@H]2CCCN2)nc1-c1ccc(-c2ccc(-c3cnc([C@H]4CCCN4)[nH]3)cc2)cc1. The van der Waals surface area contributed by atoms with Crippen molar-refractivity contribution in [3.8, 4) is 33.6 Å². The lowest BCUT2D eigenvalue weighted by Crippen LogP contribution is -2.14. The molecule has 2 atom stereocenters. The van der Waals surface area contributed by atoms with E-state index in [0.29, 0.717) is 12.1 Å². The molecular weight excluding hydrogens is 432 g/mol. The molecule has 2 aromatic carbocycles. The van der Waals surface area contributed by atoms with Gasteiger partial charge in [-0.2, -0.15) is 0 Å². The Labute approximate surface area is 207 Å². The second-order valence-electron chi connectivity index (χ2n) is 9.83. The first kappa shape index (κ1) is 22.3. The van der Waals surface area contributed by atoms with E-state index in [1.165, 1.54) is 35.2 Å². The van der Waals surface area contributed by atoms with E-state index in [1.54, 1.807) is 0 Å². The van der Waals surface area contributed by atoms with Crippen LogP contribution in [0.5, 0.6) is 0 Å². The second kappa shape index (κ2) is 9.80. The van der Waals surface area contributed by atoms with Gasteiger partial charge in [0.1, 0.15) is 11.6 Å². The van der Waals surface area contributed by atoms with Gasteiger partial charge < -0.3 is 20.6 Å². The van der Waals surface area contributed by atoms with Gasteiger partial charge in [0.05, 0.1) is 29.7 Å². The van der Waals surface area contributed by atoms with Gasteiger partial charge in [0.25, 0.3) is 0 Å². The Balaban J connectivity index is 1.20. The number of aromatic nitrogens is 4. The van der Waals surface area contributed by atoms with E-state index in [0.717, 1.165) is 67.4 Å². The summed E-state index contributed by atoms with van der Waals surface area (Å²) >= 11 is 0. The number of aryl methyl sites for hydroxylation is 1. The summed E-state index contributed by atoms with van der Waals surface area (Å²) in [4.78, 5) is 16.8. The molecule has 4 heterocycles. The Morgan fingerprint density at radius 3 is 1.94 bits per heavy atom. The molecule has 6 heteroatoms. The normalized spacial score (nSPS) is 20.0. The van der Waals surface area contributed by atoms with Crippen molar-refractivity contribution in [2.45, 2.75) is 57.5 Å². The highest BCUT2D eigenvalue weighted by Crippen LogP contribution is 2.31. The van der Waals surface area contributed by atoms with E-state index in [4.69, 9.17) is 4.98 Å². The maximum atomic E-state index is 5.03. The van der Waals surface area contributed by atoms with Crippen molar-refractivity contribution in [2.24, 2.45) is 0 Å². The van der Waals surface area contributed by atoms with Crippen molar-refractivity contribution in [1.29, 1.82) is 0 Å². The van der Waals surface area contributed by atoms with Crippen LogP contribution in [0.4, 0.5) is 0 Å². The van der Waals surface area contributed by atoms with Crippen LogP contribution in [0.25, 0.3) is 33.6 Å². The molecule has 2 saturated heterocycles. The van der Waals surface area contributed by atoms with Crippen LogP contribution in [0.1, 0.15) is 68.5 Å². The predicted octanol–water partition coefficient (Wildman–Crippen LogP) is 5.94. The van der Waals surface area contributed by atoms with Crippen LogP contribution in [0, 0.1) is 0 Å². The zero-order valence-corrected chi connectivity index (χ0v) is 20.4. The molecule has 35 heavy (non-hydrogen) atoms. The van der Waals surface area contributed by atoms with Gasteiger partial charge in [-0.25, -0.2) is 9.97 Å². The highest BCUT2D eigenvalue weighted by Gasteiger charge is 2.22. The Kier molecular flexibility index (Phi) is 6.23. The van der Waals surface area contributed by atoms with Crippen LogP contribution < -0.4 is 10.6 Å². The van der Waals surface area contributed by atoms with Crippen LogP contribution in [0.3, 0.4) is 0 Å². The molecule has 0 amide bonds. The zero-order chi connectivity index (χ0) is 23.6. The Morgan fingerprint density at radius 2 is 1.34 bits per heavy atom. The highest BCUT2D eigenvalue weighted by atomic mass is 15.0. The number of H-pyrrole nitrogens is 2. The number of hydrogen-bond donors (Lipinski definition) is 4. The van der Waals surface area contributed by atoms with Crippen molar-refractivity contribution in [1.82, 2.24) is 30.6 Å². The summed E-state index contributed by atoms with van der Waals surface area (Å²) in [6.45, 7) is 4.38. The van der Waals surface area contributed by atoms with E-state index in [-0.39, 0.29) is 0 Å². The molecule has 6 rings (SSSR count). The standard InChI is InChI=1S/C29H34N6/c1-2-5-23-27(35-29(33-23)25-7-4-17-31-25)22-14-10-20(11-15-22)19-8-12-21(13-9-19)26-18-32-28(34-26)24-6-3-16-30-24/h8-15,18,24-25,30-31H,2-7,16-17H2,1H3,(H,32,34)(H,33,35)/t24-,25-/m1/s1. The third-order valence-electron chi connectivity index (χ3n) is 7.36. The quantitative estimate of drug-likeness (QED) is 0.272. The van der Waals surface area contributed by atoms with Gasteiger partial charge >= 0.3 is 0 Å². The molecular formula is C29H34N6. The van der Waals surface area contributed by atoms with Crippen LogP contribution in [0.15, 0.2) is 54.7 Å².